The average Bonchev–Trinajstić information content (AvgIpc) is 3.01. The number of aliphatic carboxylic acids is 2. The van der Waals surface area contributed by atoms with Crippen LogP contribution in [0.15, 0.2) is 43.0 Å². The lowest BCUT2D eigenvalue weighted by molar-refractivity contribution is -0.159. The Bertz CT molecular complexity index is 584. The van der Waals surface area contributed by atoms with Gasteiger partial charge >= 0.3 is 11.9 Å². The van der Waals surface area contributed by atoms with E-state index in [0.29, 0.717) is 6.61 Å². The highest BCUT2D eigenvalue weighted by atomic mass is 16.5. The van der Waals surface area contributed by atoms with Gasteiger partial charge in [0.25, 0.3) is 0 Å². The molecular weight excluding hydrogens is 288 g/mol. The first kappa shape index (κ1) is 17.2. The van der Waals surface area contributed by atoms with Crippen molar-refractivity contribution < 1.29 is 24.5 Å². The number of carbonyl (C=O) groups is 2. The Morgan fingerprint density at radius 2 is 2.00 bits per heavy atom. The van der Waals surface area contributed by atoms with E-state index in [0.717, 1.165) is 18.7 Å². The zero-order valence-electron chi connectivity index (χ0n) is 12.2. The van der Waals surface area contributed by atoms with Crippen LogP contribution in [0.2, 0.25) is 0 Å². The highest BCUT2D eigenvalue weighted by molar-refractivity contribution is 6.27. The van der Waals surface area contributed by atoms with Crippen LogP contribution < -0.4 is 4.74 Å². The first-order chi connectivity index (χ1) is 10.5. The van der Waals surface area contributed by atoms with Crippen molar-refractivity contribution in [2.45, 2.75) is 19.9 Å². The lowest BCUT2D eigenvalue weighted by atomic mass is 10.2. The molecule has 0 fully saturated rings. The Kier molecular flexibility index (Phi) is 7.18. The van der Waals surface area contributed by atoms with E-state index in [1.807, 2.05) is 22.9 Å². The molecule has 0 bridgehead atoms. The molecule has 0 saturated carbocycles. The number of aryl methyl sites for hydroxylation is 1. The molecule has 0 amide bonds. The normalized spacial score (nSPS) is 9.50. The van der Waals surface area contributed by atoms with Crippen LogP contribution in [0.25, 0.3) is 0 Å². The molecule has 2 rings (SSSR count). The Balaban J connectivity index is 0.000000346. The van der Waals surface area contributed by atoms with E-state index < -0.39 is 11.9 Å². The number of carboxylic acid groups (broad SMARTS) is 2. The monoisotopic (exact) mass is 306 g/mol. The minimum atomic E-state index is -1.82. The summed E-state index contributed by atoms with van der Waals surface area (Å²) in [6.07, 6.45) is 6.55. The predicted molar refractivity (Wildman–Crippen MR) is 78.8 cm³/mol. The van der Waals surface area contributed by atoms with Gasteiger partial charge in [0.1, 0.15) is 12.4 Å². The quantitative estimate of drug-likeness (QED) is 0.815. The third kappa shape index (κ3) is 6.56. The third-order valence-electron chi connectivity index (χ3n) is 2.67. The van der Waals surface area contributed by atoms with Crippen molar-refractivity contribution in [3.63, 3.8) is 0 Å². The minimum Gasteiger partial charge on any atom is -0.492 e. The fourth-order valence-electron chi connectivity index (χ4n) is 1.54. The van der Waals surface area contributed by atoms with Crippen molar-refractivity contribution in [3.05, 3.63) is 48.5 Å². The van der Waals surface area contributed by atoms with Gasteiger partial charge in [0.2, 0.25) is 0 Å². The molecule has 0 aliphatic heterocycles. The van der Waals surface area contributed by atoms with Crippen LogP contribution in [0.5, 0.6) is 5.75 Å². The summed E-state index contributed by atoms with van der Waals surface area (Å²) in [7, 11) is 0. The smallest absolute Gasteiger partial charge is 0.414 e. The molecule has 0 radical (unpaired) electrons. The van der Waals surface area contributed by atoms with Gasteiger partial charge in [-0.05, 0) is 24.1 Å². The minimum absolute atomic E-state index is 0.670. The molecule has 0 aliphatic carbocycles. The highest BCUT2D eigenvalue weighted by Gasteiger charge is 2.04. The van der Waals surface area contributed by atoms with Gasteiger partial charge in [0.05, 0.1) is 12.9 Å². The van der Waals surface area contributed by atoms with Crippen LogP contribution in [-0.2, 0) is 22.6 Å². The predicted octanol–water partition coefficient (Wildman–Crippen LogP) is 1.68. The van der Waals surface area contributed by atoms with Crippen LogP contribution in [0.3, 0.4) is 0 Å². The van der Waals surface area contributed by atoms with E-state index in [9.17, 15) is 0 Å². The summed E-state index contributed by atoms with van der Waals surface area (Å²) in [5.41, 5.74) is 1.31. The van der Waals surface area contributed by atoms with Crippen molar-refractivity contribution in [2.24, 2.45) is 0 Å². The summed E-state index contributed by atoms with van der Waals surface area (Å²) in [6, 6.07) is 8.23. The van der Waals surface area contributed by atoms with Gasteiger partial charge in [-0.15, -0.1) is 0 Å². The molecule has 1 aromatic heterocycles. The van der Waals surface area contributed by atoms with Gasteiger partial charge in [-0.25, -0.2) is 14.6 Å². The first-order valence-electron chi connectivity index (χ1n) is 6.66. The van der Waals surface area contributed by atoms with Crippen LogP contribution >= 0.6 is 0 Å². The standard InChI is InChI=1S/C13H16N2O.C2H2O4/c1-2-12-4-3-5-13(10-12)16-9-8-15-7-6-14-11-15;3-1(4)2(5)6/h3-7,10-11H,2,8-9H2,1H3;(H,3,4)(H,5,6). The van der Waals surface area contributed by atoms with Gasteiger partial charge < -0.3 is 19.5 Å². The second kappa shape index (κ2) is 9.17. The number of imidazole rings is 1. The summed E-state index contributed by atoms with van der Waals surface area (Å²) in [5, 5.41) is 14.8. The summed E-state index contributed by atoms with van der Waals surface area (Å²) < 4.78 is 7.68. The maximum atomic E-state index is 9.10. The molecule has 0 unspecified atom stereocenters. The van der Waals surface area contributed by atoms with E-state index in [4.69, 9.17) is 24.5 Å². The molecule has 22 heavy (non-hydrogen) atoms. The zero-order valence-corrected chi connectivity index (χ0v) is 12.2. The Hall–Kier alpha value is -2.83. The molecule has 2 N–H and O–H groups in total. The van der Waals surface area contributed by atoms with Crippen LogP contribution in [0.4, 0.5) is 0 Å². The largest absolute Gasteiger partial charge is 0.492 e. The fraction of sp³-hybridized carbons (Fsp3) is 0.267. The molecule has 0 aliphatic rings. The van der Waals surface area contributed by atoms with E-state index in [-0.39, 0.29) is 0 Å². The summed E-state index contributed by atoms with van der Waals surface area (Å²) in [4.78, 5) is 22.2. The number of carboxylic acids is 2. The molecule has 2 aromatic rings. The van der Waals surface area contributed by atoms with Crippen molar-refractivity contribution in [1.29, 1.82) is 0 Å². The van der Waals surface area contributed by atoms with E-state index in [1.54, 1.807) is 12.5 Å². The molecule has 1 aromatic carbocycles. The van der Waals surface area contributed by atoms with Gasteiger partial charge in [0.15, 0.2) is 0 Å². The number of ether oxygens (including phenoxy) is 1. The van der Waals surface area contributed by atoms with Crippen LogP contribution in [0, 0.1) is 0 Å². The Morgan fingerprint density at radius 1 is 1.27 bits per heavy atom. The van der Waals surface area contributed by atoms with E-state index in [2.05, 4.69) is 24.0 Å². The Labute approximate surface area is 127 Å². The van der Waals surface area contributed by atoms with Gasteiger partial charge in [-0.2, -0.15) is 0 Å². The highest BCUT2D eigenvalue weighted by Crippen LogP contribution is 2.13. The number of rotatable bonds is 5. The number of benzene rings is 1. The first-order valence-corrected chi connectivity index (χ1v) is 6.66. The Morgan fingerprint density at radius 3 is 2.55 bits per heavy atom. The second-order valence-electron chi connectivity index (χ2n) is 4.26. The van der Waals surface area contributed by atoms with E-state index >= 15 is 0 Å². The van der Waals surface area contributed by atoms with E-state index in [1.165, 1.54) is 5.56 Å². The van der Waals surface area contributed by atoms with Crippen molar-refractivity contribution in [3.8, 4) is 5.75 Å². The topological polar surface area (TPSA) is 102 Å². The molecule has 7 heteroatoms. The molecule has 118 valence electrons. The average molecular weight is 306 g/mol. The fourth-order valence-corrected chi connectivity index (χ4v) is 1.54. The number of nitrogens with zero attached hydrogens (tertiary/aromatic N) is 2. The molecule has 0 saturated heterocycles. The lowest BCUT2D eigenvalue weighted by Crippen LogP contribution is -2.09. The van der Waals surface area contributed by atoms with Crippen molar-refractivity contribution >= 4 is 11.9 Å². The second-order valence-corrected chi connectivity index (χ2v) is 4.26. The van der Waals surface area contributed by atoms with Crippen molar-refractivity contribution in [2.75, 3.05) is 6.61 Å². The summed E-state index contributed by atoms with van der Waals surface area (Å²) in [5.74, 6) is -2.70. The maximum absolute atomic E-state index is 9.10. The lowest BCUT2D eigenvalue weighted by Gasteiger charge is -2.07. The molecule has 1 heterocycles. The van der Waals surface area contributed by atoms with Crippen LogP contribution in [0.1, 0.15) is 12.5 Å². The molecule has 0 atom stereocenters. The summed E-state index contributed by atoms with van der Waals surface area (Å²) in [6.45, 7) is 3.64. The number of aromatic nitrogens is 2. The summed E-state index contributed by atoms with van der Waals surface area (Å²) >= 11 is 0. The zero-order chi connectivity index (χ0) is 16.4. The molecule has 7 nitrogen and oxygen atoms in total. The van der Waals surface area contributed by atoms with Gasteiger partial charge in [-0.3, -0.25) is 0 Å². The number of hydrogen-bond acceptors (Lipinski definition) is 4. The molecule has 0 spiro atoms. The molecular formula is C15H18N2O5. The van der Waals surface area contributed by atoms with Crippen LogP contribution in [-0.4, -0.2) is 38.3 Å². The van der Waals surface area contributed by atoms with Gasteiger partial charge in [0, 0.05) is 12.4 Å². The SMILES string of the molecule is CCc1cccc(OCCn2ccnc2)c1.O=C(O)C(=O)O. The van der Waals surface area contributed by atoms with Crippen molar-refractivity contribution in [1.82, 2.24) is 9.55 Å². The van der Waals surface area contributed by atoms with Gasteiger partial charge in [-0.1, -0.05) is 19.1 Å². The third-order valence-corrected chi connectivity index (χ3v) is 2.67. The maximum Gasteiger partial charge on any atom is 0.414 e. The number of hydrogen-bond donors (Lipinski definition) is 2.